The van der Waals surface area contributed by atoms with Gasteiger partial charge in [-0.2, -0.15) is 0 Å². The van der Waals surface area contributed by atoms with E-state index < -0.39 is 11.5 Å². The van der Waals surface area contributed by atoms with Crippen molar-refractivity contribution in [3.63, 3.8) is 0 Å². The Morgan fingerprint density at radius 1 is 1.24 bits per heavy atom. The van der Waals surface area contributed by atoms with Gasteiger partial charge in [-0.15, -0.1) is 0 Å². The highest BCUT2D eigenvalue weighted by molar-refractivity contribution is 5.95. The topological polar surface area (TPSA) is 69.6 Å². The number of piperidine rings is 1. The number of carbonyl (C=O) groups is 1. The molecule has 1 amide bonds. The number of carbonyl (C=O) groups excluding carboxylic acids is 1. The van der Waals surface area contributed by atoms with Crippen LogP contribution in [0.5, 0.6) is 0 Å². The lowest BCUT2D eigenvalue weighted by atomic mass is 10.00. The lowest BCUT2D eigenvalue weighted by Crippen LogP contribution is -2.49. The maximum Gasteiger partial charge on any atom is 0.257 e. The van der Waals surface area contributed by atoms with E-state index in [0.29, 0.717) is 36.6 Å². The largest absolute Gasteiger partial charge is 0.387 e. The fourth-order valence-corrected chi connectivity index (χ4v) is 3.58. The fraction of sp³-hybridized carbons (Fsp3) is 0.706. The highest BCUT2D eigenvalue weighted by atomic mass is 19.3. The average molecular weight is 354 g/mol. The molecule has 0 spiro atoms. The number of hydrogen-bond donors (Lipinski definition) is 1. The Hall–Kier alpha value is -1.67. The number of aryl methyl sites for hydroxylation is 2. The molecule has 1 N–H and O–H groups in total. The minimum Gasteiger partial charge on any atom is -0.387 e. The molecule has 2 aliphatic heterocycles. The summed E-state index contributed by atoms with van der Waals surface area (Å²) in [5, 5.41) is 10.8. The Bertz CT molecular complexity index is 660. The highest BCUT2D eigenvalue weighted by Gasteiger charge is 2.42. The summed E-state index contributed by atoms with van der Waals surface area (Å²) < 4.78 is 26.5. The number of halogens is 2. The molecule has 3 heterocycles. The summed E-state index contributed by atoms with van der Waals surface area (Å²) in [6, 6.07) is 0. The molecule has 0 aliphatic carbocycles. The van der Waals surface area contributed by atoms with E-state index in [0.717, 1.165) is 0 Å². The van der Waals surface area contributed by atoms with E-state index in [2.05, 4.69) is 9.97 Å². The predicted octanol–water partition coefficient (Wildman–Crippen LogP) is 1.40. The first kappa shape index (κ1) is 18.1. The van der Waals surface area contributed by atoms with Gasteiger partial charge in [-0.25, -0.2) is 18.7 Å². The minimum absolute atomic E-state index is 0.175. The van der Waals surface area contributed by atoms with Crippen LogP contribution in [0.4, 0.5) is 8.78 Å². The highest BCUT2D eigenvalue weighted by Crippen LogP contribution is 2.30. The Morgan fingerprint density at radius 2 is 1.92 bits per heavy atom. The van der Waals surface area contributed by atoms with Gasteiger partial charge in [0.25, 0.3) is 11.8 Å². The number of aromatic nitrogens is 2. The second kappa shape index (κ2) is 6.57. The summed E-state index contributed by atoms with van der Waals surface area (Å²) in [6.07, 6.45) is 1.61. The molecule has 1 aromatic heterocycles. The van der Waals surface area contributed by atoms with Gasteiger partial charge in [-0.05, 0) is 20.3 Å². The lowest BCUT2D eigenvalue weighted by Gasteiger charge is -2.36. The van der Waals surface area contributed by atoms with Crippen LogP contribution in [-0.2, 0) is 0 Å². The van der Waals surface area contributed by atoms with E-state index >= 15 is 0 Å². The molecule has 0 radical (unpaired) electrons. The Morgan fingerprint density at radius 3 is 2.56 bits per heavy atom. The number of likely N-dealkylation sites (tertiary alicyclic amines) is 2. The van der Waals surface area contributed by atoms with Gasteiger partial charge < -0.3 is 10.0 Å². The van der Waals surface area contributed by atoms with Crippen LogP contribution < -0.4 is 0 Å². The van der Waals surface area contributed by atoms with Crippen molar-refractivity contribution in [1.82, 2.24) is 19.8 Å². The Labute approximate surface area is 145 Å². The van der Waals surface area contributed by atoms with Crippen LogP contribution in [0, 0.1) is 13.8 Å². The minimum atomic E-state index is -2.60. The number of rotatable bonds is 3. The molecule has 0 aromatic carbocycles. The van der Waals surface area contributed by atoms with Crippen molar-refractivity contribution in [2.75, 3.05) is 32.7 Å². The summed E-state index contributed by atoms with van der Waals surface area (Å²) in [4.78, 5) is 24.4. The van der Waals surface area contributed by atoms with Crippen molar-refractivity contribution in [2.45, 2.75) is 44.6 Å². The van der Waals surface area contributed by atoms with Crippen molar-refractivity contribution in [3.8, 4) is 0 Å². The number of β-amino-alcohol motifs (C(OH)–C–C–N with tert-alkyl or cyclic N) is 1. The zero-order valence-electron chi connectivity index (χ0n) is 14.6. The molecule has 1 aromatic rings. The standard InChI is InChI=1S/C17H24F2N4O2/c1-12-14(9-20-13(2)21-12)15(24)23-8-3-16(25,11-23)10-22-6-4-17(18,19)5-7-22/h9,25H,3-8,10-11H2,1-2H3. The van der Waals surface area contributed by atoms with E-state index in [4.69, 9.17) is 0 Å². The van der Waals surface area contributed by atoms with Crippen LogP contribution in [0.3, 0.4) is 0 Å². The fourth-order valence-electron chi connectivity index (χ4n) is 3.58. The molecule has 0 saturated carbocycles. The summed E-state index contributed by atoms with van der Waals surface area (Å²) >= 11 is 0. The molecule has 6 nitrogen and oxygen atoms in total. The molecule has 1 atom stereocenters. The van der Waals surface area contributed by atoms with Crippen LogP contribution in [0.2, 0.25) is 0 Å². The number of aliphatic hydroxyl groups is 1. The van der Waals surface area contributed by atoms with Gasteiger partial charge >= 0.3 is 0 Å². The predicted molar refractivity (Wildman–Crippen MR) is 87.6 cm³/mol. The zero-order valence-corrected chi connectivity index (χ0v) is 14.6. The molecule has 25 heavy (non-hydrogen) atoms. The smallest absolute Gasteiger partial charge is 0.257 e. The third-order valence-electron chi connectivity index (χ3n) is 5.06. The van der Waals surface area contributed by atoms with Gasteiger partial charge in [0.1, 0.15) is 5.82 Å². The third-order valence-corrected chi connectivity index (χ3v) is 5.06. The van der Waals surface area contributed by atoms with Crippen LogP contribution in [-0.4, -0.2) is 75.0 Å². The molecule has 2 saturated heterocycles. The molecule has 0 bridgehead atoms. The van der Waals surface area contributed by atoms with Gasteiger partial charge in [-0.3, -0.25) is 9.69 Å². The first-order chi connectivity index (χ1) is 11.7. The summed E-state index contributed by atoms with van der Waals surface area (Å²) in [7, 11) is 0. The molecule has 2 aliphatic rings. The molecule has 8 heteroatoms. The number of alkyl halides is 2. The quantitative estimate of drug-likeness (QED) is 0.889. The van der Waals surface area contributed by atoms with Crippen LogP contribution in [0.1, 0.15) is 41.1 Å². The first-order valence-electron chi connectivity index (χ1n) is 8.60. The molecule has 138 valence electrons. The molecular formula is C17H24F2N4O2. The van der Waals surface area contributed by atoms with Crippen LogP contribution in [0.15, 0.2) is 6.20 Å². The monoisotopic (exact) mass is 354 g/mol. The number of amides is 1. The van der Waals surface area contributed by atoms with Gasteiger partial charge in [0.15, 0.2) is 0 Å². The Kier molecular flexibility index (Phi) is 4.76. The van der Waals surface area contributed by atoms with E-state index in [1.54, 1.807) is 18.7 Å². The normalized spacial score (nSPS) is 26.8. The zero-order chi connectivity index (χ0) is 18.2. The van der Waals surface area contributed by atoms with E-state index in [9.17, 15) is 18.7 Å². The van der Waals surface area contributed by atoms with Gasteiger partial charge in [0.05, 0.1) is 23.4 Å². The molecule has 1 unspecified atom stereocenters. The SMILES string of the molecule is Cc1ncc(C(=O)N2CCC(O)(CN3CCC(F)(F)CC3)C2)c(C)n1. The maximum atomic E-state index is 13.3. The van der Waals surface area contributed by atoms with Gasteiger partial charge in [0.2, 0.25) is 0 Å². The first-order valence-corrected chi connectivity index (χ1v) is 8.60. The summed E-state index contributed by atoms with van der Waals surface area (Å²) in [5.41, 5.74) is 0.000496. The summed E-state index contributed by atoms with van der Waals surface area (Å²) in [5.74, 6) is -2.19. The number of hydrogen-bond acceptors (Lipinski definition) is 5. The maximum absolute atomic E-state index is 13.3. The van der Waals surface area contributed by atoms with E-state index in [1.807, 2.05) is 4.90 Å². The molecule has 3 rings (SSSR count). The van der Waals surface area contributed by atoms with Crippen molar-refractivity contribution >= 4 is 5.91 Å². The van der Waals surface area contributed by atoms with E-state index in [-0.39, 0.29) is 38.4 Å². The average Bonchev–Trinajstić information content (AvgIpc) is 2.91. The van der Waals surface area contributed by atoms with Crippen molar-refractivity contribution in [1.29, 1.82) is 0 Å². The van der Waals surface area contributed by atoms with Gasteiger partial charge in [-0.1, -0.05) is 0 Å². The lowest BCUT2D eigenvalue weighted by molar-refractivity contribution is -0.0720. The van der Waals surface area contributed by atoms with Crippen LogP contribution >= 0.6 is 0 Å². The molecule has 2 fully saturated rings. The summed E-state index contributed by atoms with van der Waals surface area (Å²) in [6.45, 7) is 5.02. The number of nitrogens with zero attached hydrogens (tertiary/aromatic N) is 4. The Balaban J connectivity index is 1.61. The van der Waals surface area contributed by atoms with E-state index in [1.165, 1.54) is 6.20 Å². The van der Waals surface area contributed by atoms with Crippen molar-refractivity contribution < 1.29 is 18.7 Å². The second-order valence-corrected chi connectivity index (χ2v) is 7.25. The third kappa shape index (κ3) is 4.12. The van der Waals surface area contributed by atoms with Crippen molar-refractivity contribution in [3.05, 3.63) is 23.3 Å². The molecular weight excluding hydrogens is 330 g/mol. The van der Waals surface area contributed by atoms with Crippen molar-refractivity contribution in [2.24, 2.45) is 0 Å². The van der Waals surface area contributed by atoms with Crippen LogP contribution in [0.25, 0.3) is 0 Å². The van der Waals surface area contributed by atoms with Gasteiger partial charge in [0, 0.05) is 45.2 Å². The second-order valence-electron chi connectivity index (χ2n) is 7.25.